The Kier molecular flexibility index (Phi) is 4.92. The first-order chi connectivity index (χ1) is 10.6. The van der Waals surface area contributed by atoms with Gasteiger partial charge in [-0.3, -0.25) is 10.1 Å². The smallest absolute Gasteiger partial charge is 0.493 e. The first-order valence-corrected chi connectivity index (χ1v) is 6.31. The highest BCUT2D eigenvalue weighted by Crippen LogP contribution is 2.31. The summed E-state index contributed by atoms with van der Waals surface area (Å²) in [4.78, 5) is 21.7. The first kappa shape index (κ1) is 15.3. The van der Waals surface area contributed by atoms with Crippen molar-refractivity contribution in [2.75, 3.05) is 7.11 Å². The first-order valence-electron chi connectivity index (χ1n) is 6.31. The molecule has 0 saturated carbocycles. The SMILES string of the molecule is COc1cc([N+](=O)[O-])ccc1OC(=O)OCc1ccccc1. The molecule has 0 atom stereocenters. The lowest BCUT2D eigenvalue weighted by molar-refractivity contribution is -0.384. The maximum absolute atomic E-state index is 11.6. The Morgan fingerprint density at radius 1 is 1.14 bits per heavy atom. The summed E-state index contributed by atoms with van der Waals surface area (Å²) in [5.41, 5.74) is 0.650. The van der Waals surface area contributed by atoms with E-state index in [9.17, 15) is 14.9 Å². The van der Waals surface area contributed by atoms with Crippen molar-refractivity contribution in [2.24, 2.45) is 0 Å². The number of ether oxygens (including phenoxy) is 3. The van der Waals surface area contributed by atoms with Crippen molar-refractivity contribution in [3.05, 3.63) is 64.2 Å². The fraction of sp³-hybridized carbons (Fsp3) is 0.133. The summed E-state index contributed by atoms with van der Waals surface area (Å²) in [6, 6.07) is 12.8. The maximum atomic E-state index is 11.6. The highest BCUT2D eigenvalue weighted by Gasteiger charge is 2.15. The molecule has 114 valence electrons. The van der Waals surface area contributed by atoms with Crippen molar-refractivity contribution in [2.45, 2.75) is 6.61 Å². The van der Waals surface area contributed by atoms with Crippen molar-refractivity contribution in [3.63, 3.8) is 0 Å². The second-order valence-corrected chi connectivity index (χ2v) is 4.22. The van der Waals surface area contributed by atoms with E-state index in [-0.39, 0.29) is 23.8 Å². The summed E-state index contributed by atoms with van der Waals surface area (Å²) in [6.45, 7) is 0.0645. The third kappa shape index (κ3) is 3.95. The molecule has 0 radical (unpaired) electrons. The highest BCUT2D eigenvalue weighted by atomic mass is 16.7. The third-order valence-electron chi connectivity index (χ3n) is 2.75. The van der Waals surface area contributed by atoms with E-state index in [1.807, 2.05) is 18.2 Å². The zero-order chi connectivity index (χ0) is 15.9. The zero-order valence-electron chi connectivity index (χ0n) is 11.7. The second-order valence-electron chi connectivity index (χ2n) is 4.22. The van der Waals surface area contributed by atoms with Crippen molar-refractivity contribution < 1.29 is 23.9 Å². The Bertz CT molecular complexity index is 671. The zero-order valence-corrected chi connectivity index (χ0v) is 11.7. The molecule has 2 aromatic rings. The van der Waals surface area contributed by atoms with Crippen LogP contribution in [0.4, 0.5) is 10.5 Å². The van der Waals surface area contributed by atoms with Crippen LogP contribution < -0.4 is 9.47 Å². The lowest BCUT2D eigenvalue weighted by Gasteiger charge is -2.09. The maximum Gasteiger partial charge on any atom is 0.514 e. The fourth-order valence-corrected chi connectivity index (χ4v) is 1.69. The molecule has 0 amide bonds. The van der Waals surface area contributed by atoms with E-state index >= 15 is 0 Å². The number of non-ortho nitro benzene ring substituents is 1. The van der Waals surface area contributed by atoms with Crippen LogP contribution in [0.15, 0.2) is 48.5 Å². The van der Waals surface area contributed by atoms with Gasteiger partial charge in [-0.25, -0.2) is 4.79 Å². The Morgan fingerprint density at radius 3 is 2.50 bits per heavy atom. The summed E-state index contributed by atoms with van der Waals surface area (Å²) in [6.07, 6.45) is -0.920. The van der Waals surface area contributed by atoms with Gasteiger partial charge in [0.25, 0.3) is 5.69 Å². The predicted molar refractivity (Wildman–Crippen MR) is 76.9 cm³/mol. The Balaban J connectivity index is 2.00. The van der Waals surface area contributed by atoms with Crippen molar-refractivity contribution >= 4 is 11.8 Å². The van der Waals surface area contributed by atoms with Crippen LogP contribution >= 0.6 is 0 Å². The molecule has 0 unspecified atom stereocenters. The van der Waals surface area contributed by atoms with Crippen molar-refractivity contribution in [1.82, 2.24) is 0 Å². The minimum Gasteiger partial charge on any atom is -0.493 e. The molecular weight excluding hydrogens is 290 g/mol. The molecule has 0 aliphatic carbocycles. The van der Waals surface area contributed by atoms with Gasteiger partial charge in [0.1, 0.15) is 6.61 Å². The Labute approximate surface area is 126 Å². The topological polar surface area (TPSA) is 87.9 Å². The van der Waals surface area contributed by atoms with E-state index in [1.54, 1.807) is 12.1 Å². The number of methoxy groups -OCH3 is 1. The summed E-state index contributed by atoms with van der Waals surface area (Å²) in [5.74, 6) is 0.122. The number of nitro groups is 1. The number of benzene rings is 2. The Hall–Kier alpha value is -3.09. The van der Waals surface area contributed by atoms with E-state index in [2.05, 4.69) is 0 Å². The van der Waals surface area contributed by atoms with Crippen LogP contribution in [0.3, 0.4) is 0 Å². The van der Waals surface area contributed by atoms with Gasteiger partial charge in [0.15, 0.2) is 11.5 Å². The molecule has 0 aromatic heterocycles. The van der Waals surface area contributed by atoms with Gasteiger partial charge in [0.2, 0.25) is 0 Å². The van der Waals surface area contributed by atoms with Crippen molar-refractivity contribution in [1.29, 1.82) is 0 Å². The summed E-state index contributed by atoms with van der Waals surface area (Å²) in [5, 5.41) is 10.7. The molecule has 7 nitrogen and oxygen atoms in total. The van der Waals surface area contributed by atoms with Gasteiger partial charge in [-0.15, -0.1) is 0 Å². The van der Waals surface area contributed by atoms with E-state index in [1.165, 1.54) is 25.3 Å². The molecule has 0 fully saturated rings. The monoisotopic (exact) mass is 303 g/mol. The fourth-order valence-electron chi connectivity index (χ4n) is 1.69. The predicted octanol–water partition coefficient (Wildman–Crippen LogP) is 3.32. The summed E-state index contributed by atoms with van der Waals surface area (Å²) >= 11 is 0. The quantitative estimate of drug-likeness (QED) is 0.364. The van der Waals surface area contributed by atoms with Gasteiger partial charge in [0.05, 0.1) is 18.1 Å². The normalized spacial score (nSPS) is 9.86. The third-order valence-corrected chi connectivity index (χ3v) is 2.75. The van der Waals surface area contributed by atoms with Gasteiger partial charge in [0, 0.05) is 6.07 Å². The summed E-state index contributed by atoms with van der Waals surface area (Å²) in [7, 11) is 1.32. The van der Waals surface area contributed by atoms with Crippen LogP contribution in [0, 0.1) is 10.1 Å². The average Bonchev–Trinajstić information content (AvgIpc) is 2.54. The molecule has 0 N–H and O–H groups in total. The van der Waals surface area contributed by atoms with Crippen molar-refractivity contribution in [3.8, 4) is 11.5 Å². The van der Waals surface area contributed by atoms with Crippen LogP contribution in [0.25, 0.3) is 0 Å². The van der Waals surface area contributed by atoms with Crippen LogP contribution in [0.1, 0.15) is 5.56 Å². The molecule has 0 saturated heterocycles. The van der Waals surface area contributed by atoms with Gasteiger partial charge < -0.3 is 14.2 Å². The molecule has 2 aromatic carbocycles. The molecule has 0 aliphatic heterocycles. The highest BCUT2D eigenvalue weighted by molar-refractivity contribution is 5.66. The molecular formula is C15H13NO6. The van der Waals surface area contributed by atoms with Gasteiger partial charge in [-0.1, -0.05) is 30.3 Å². The largest absolute Gasteiger partial charge is 0.514 e. The van der Waals surface area contributed by atoms with Crippen LogP contribution in [0.5, 0.6) is 11.5 Å². The minimum absolute atomic E-state index is 0.0474. The number of rotatable bonds is 5. The Morgan fingerprint density at radius 2 is 1.86 bits per heavy atom. The second kappa shape index (κ2) is 7.07. The van der Waals surface area contributed by atoms with E-state index in [0.717, 1.165) is 5.56 Å². The molecule has 2 rings (SSSR count). The number of hydrogen-bond donors (Lipinski definition) is 0. The summed E-state index contributed by atoms with van der Waals surface area (Å²) < 4.78 is 14.9. The molecule has 0 heterocycles. The number of nitrogens with zero attached hydrogens (tertiary/aromatic N) is 1. The molecule has 0 aliphatic rings. The van der Waals surface area contributed by atoms with Crippen LogP contribution in [0.2, 0.25) is 0 Å². The number of nitro benzene ring substituents is 1. The lowest BCUT2D eigenvalue weighted by atomic mass is 10.2. The average molecular weight is 303 g/mol. The standard InChI is InChI=1S/C15H13NO6/c1-20-14-9-12(16(18)19)7-8-13(14)22-15(17)21-10-11-5-3-2-4-6-11/h2-9H,10H2,1H3. The molecule has 0 bridgehead atoms. The number of carbonyl (C=O) groups is 1. The number of hydrogen-bond acceptors (Lipinski definition) is 6. The molecule has 7 heteroatoms. The van der Waals surface area contributed by atoms with E-state index < -0.39 is 11.1 Å². The van der Waals surface area contributed by atoms with E-state index in [4.69, 9.17) is 14.2 Å². The van der Waals surface area contributed by atoms with Crippen LogP contribution in [-0.2, 0) is 11.3 Å². The van der Waals surface area contributed by atoms with Gasteiger partial charge >= 0.3 is 6.16 Å². The lowest BCUT2D eigenvalue weighted by Crippen LogP contribution is -2.11. The van der Waals surface area contributed by atoms with Gasteiger partial charge in [-0.05, 0) is 11.6 Å². The van der Waals surface area contributed by atoms with Crippen LogP contribution in [-0.4, -0.2) is 18.2 Å². The molecule has 0 spiro atoms. The minimum atomic E-state index is -0.920. The molecule has 22 heavy (non-hydrogen) atoms. The van der Waals surface area contributed by atoms with E-state index in [0.29, 0.717) is 0 Å². The van der Waals surface area contributed by atoms with Gasteiger partial charge in [-0.2, -0.15) is 0 Å². The number of carbonyl (C=O) groups excluding carboxylic acids is 1.